The third-order valence-corrected chi connectivity index (χ3v) is 5.00. The third kappa shape index (κ3) is 6.21. The summed E-state index contributed by atoms with van der Waals surface area (Å²) in [4.78, 5) is 6.69. The van der Waals surface area contributed by atoms with E-state index < -0.39 is 0 Å². The summed E-state index contributed by atoms with van der Waals surface area (Å²) < 4.78 is 5.50. The second-order valence-corrected chi connectivity index (χ2v) is 6.91. The Morgan fingerprint density at radius 1 is 1.11 bits per heavy atom. The average molecular weight is 479 g/mol. The highest BCUT2D eigenvalue weighted by molar-refractivity contribution is 14.0. The van der Waals surface area contributed by atoms with E-state index in [0.29, 0.717) is 5.92 Å². The zero-order valence-electron chi connectivity index (χ0n) is 16.2. The summed E-state index contributed by atoms with van der Waals surface area (Å²) in [6.07, 6.45) is 1.14. The van der Waals surface area contributed by atoms with Crippen molar-refractivity contribution in [2.24, 2.45) is 10.9 Å². The van der Waals surface area contributed by atoms with Crippen molar-refractivity contribution in [3.63, 3.8) is 0 Å². The van der Waals surface area contributed by atoms with Gasteiger partial charge < -0.3 is 15.0 Å². The first kappa shape index (κ1) is 21.7. The van der Waals surface area contributed by atoms with E-state index in [1.54, 1.807) is 0 Å². The van der Waals surface area contributed by atoms with Crippen LogP contribution in [0, 0.1) is 5.92 Å². The van der Waals surface area contributed by atoms with Crippen LogP contribution in [0.4, 0.5) is 0 Å². The first-order chi connectivity index (χ1) is 12.8. The summed E-state index contributed by atoms with van der Waals surface area (Å²) in [6.45, 7) is 3.53. The first-order valence-corrected chi connectivity index (χ1v) is 9.37. The van der Waals surface area contributed by atoms with Gasteiger partial charge >= 0.3 is 0 Å². The average Bonchev–Trinajstić information content (AvgIpc) is 3.19. The monoisotopic (exact) mass is 479 g/mol. The van der Waals surface area contributed by atoms with Gasteiger partial charge in [-0.3, -0.25) is 4.99 Å². The fourth-order valence-corrected chi connectivity index (χ4v) is 3.58. The molecule has 5 heteroatoms. The number of benzene rings is 2. The van der Waals surface area contributed by atoms with Crippen molar-refractivity contribution < 1.29 is 4.74 Å². The molecule has 0 amide bonds. The maximum atomic E-state index is 5.50. The number of hydrogen-bond donors (Lipinski definition) is 1. The Balaban J connectivity index is 0.00000261. The minimum absolute atomic E-state index is 0. The fourth-order valence-electron chi connectivity index (χ4n) is 3.58. The standard InChI is InChI=1S/C22H29N3O.HI/c1-23-22(25(2)16-18-13-14-26-17-18)24-15-21(19-9-5-3-6-10-19)20-11-7-4-8-12-20;/h3-12,18,21H,13-17H2,1-2H3,(H,23,24);1H. The highest BCUT2D eigenvalue weighted by atomic mass is 127. The Bertz CT molecular complexity index is 648. The van der Waals surface area contributed by atoms with E-state index in [1.807, 2.05) is 7.05 Å². The molecule has 27 heavy (non-hydrogen) atoms. The van der Waals surface area contributed by atoms with Gasteiger partial charge in [-0.05, 0) is 17.5 Å². The Morgan fingerprint density at radius 3 is 2.19 bits per heavy atom. The van der Waals surface area contributed by atoms with Crippen LogP contribution in [0.25, 0.3) is 0 Å². The van der Waals surface area contributed by atoms with Crippen molar-refractivity contribution >= 4 is 29.9 Å². The Hall–Kier alpha value is -1.60. The molecule has 2 aromatic carbocycles. The van der Waals surface area contributed by atoms with Gasteiger partial charge in [0, 0.05) is 45.6 Å². The van der Waals surface area contributed by atoms with Crippen molar-refractivity contribution in [2.45, 2.75) is 12.3 Å². The molecule has 0 radical (unpaired) electrons. The van der Waals surface area contributed by atoms with Gasteiger partial charge in [0.05, 0.1) is 6.61 Å². The number of aliphatic imine (C=N–C) groups is 1. The molecule has 1 atom stereocenters. The first-order valence-electron chi connectivity index (χ1n) is 9.37. The van der Waals surface area contributed by atoms with E-state index in [1.165, 1.54) is 11.1 Å². The molecule has 0 bridgehead atoms. The summed E-state index contributed by atoms with van der Waals surface area (Å²) in [5.74, 6) is 1.82. The number of guanidine groups is 1. The van der Waals surface area contributed by atoms with Crippen LogP contribution in [0.15, 0.2) is 65.7 Å². The molecule has 1 unspecified atom stereocenters. The van der Waals surface area contributed by atoms with Crippen molar-refractivity contribution in [2.75, 3.05) is 40.4 Å². The van der Waals surface area contributed by atoms with Gasteiger partial charge in [-0.1, -0.05) is 60.7 Å². The number of nitrogens with one attached hydrogen (secondary N) is 1. The molecule has 146 valence electrons. The minimum Gasteiger partial charge on any atom is -0.381 e. The minimum atomic E-state index is 0. The van der Waals surface area contributed by atoms with Crippen LogP contribution in [0.3, 0.4) is 0 Å². The fraction of sp³-hybridized carbons (Fsp3) is 0.409. The lowest BCUT2D eigenvalue weighted by atomic mass is 9.91. The number of hydrogen-bond acceptors (Lipinski definition) is 2. The van der Waals surface area contributed by atoms with Crippen LogP contribution in [-0.4, -0.2) is 51.3 Å². The number of ether oxygens (including phenoxy) is 1. The Labute approximate surface area is 180 Å². The molecule has 1 aliphatic rings. The van der Waals surface area contributed by atoms with Gasteiger partial charge in [-0.2, -0.15) is 0 Å². The maximum absolute atomic E-state index is 5.50. The molecule has 1 heterocycles. The van der Waals surface area contributed by atoms with Crippen LogP contribution in [-0.2, 0) is 4.74 Å². The normalized spacial score (nSPS) is 16.9. The Kier molecular flexibility index (Phi) is 9.07. The highest BCUT2D eigenvalue weighted by Crippen LogP contribution is 2.23. The molecule has 0 aromatic heterocycles. The van der Waals surface area contributed by atoms with E-state index in [0.717, 1.165) is 38.7 Å². The van der Waals surface area contributed by atoms with E-state index in [-0.39, 0.29) is 29.9 Å². The molecule has 4 nitrogen and oxygen atoms in total. The molecule has 0 aliphatic carbocycles. The number of nitrogens with zero attached hydrogens (tertiary/aromatic N) is 2. The van der Waals surface area contributed by atoms with Crippen molar-refractivity contribution in [1.29, 1.82) is 0 Å². The molecule has 0 saturated carbocycles. The predicted octanol–water partition coefficient (Wildman–Crippen LogP) is 3.98. The van der Waals surface area contributed by atoms with E-state index >= 15 is 0 Å². The van der Waals surface area contributed by atoms with Crippen LogP contribution in [0.2, 0.25) is 0 Å². The number of halogens is 1. The third-order valence-electron chi connectivity index (χ3n) is 5.00. The summed E-state index contributed by atoms with van der Waals surface area (Å²) in [7, 11) is 3.96. The zero-order chi connectivity index (χ0) is 18.2. The van der Waals surface area contributed by atoms with Crippen molar-refractivity contribution in [1.82, 2.24) is 10.2 Å². The summed E-state index contributed by atoms with van der Waals surface area (Å²) in [5, 5.41) is 3.58. The zero-order valence-corrected chi connectivity index (χ0v) is 18.5. The second-order valence-electron chi connectivity index (χ2n) is 6.91. The van der Waals surface area contributed by atoms with E-state index in [2.05, 4.69) is 82.9 Å². The van der Waals surface area contributed by atoms with Crippen LogP contribution in [0.5, 0.6) is 0 Å². The van der Waals surface area contributed by atoms with Gasteiger partial charge in [0.1, 0.15) is 0 Å². The molecule has 1 aliphatic heterocycles. The van der Waals surface area contributed by atoms with E-state index in [9.17, 15) is 0 Å². The second kappa shape index (κ2) is 11.3. The molecular weight excluding hydrogens is 449 g/mol. The van der Waals surface area contributed by atoms with Gasteiger partial charge in [0.25, 0.3) is 0 Å². The SMILES string of the molecule is CN=C(NCC(c1ccccc1)c1ccccc1)N(C)CC1CCOC1.I. The summed E-state index contributed by atoms with van der Waals surface area (Å²) in [5.41, 5.74) is 2.63. The van der Waals surface area contributed by atoms with Crippen LogP contribution >= 0.6 is 24.0 Å². The Morgan fingerprint density at radius 2 is 1.70 bits per heavy atom. The quantitative estimate of drug-likeness (QED) is 0.387. The van der Waals surface area contributed by atoms with Crippen LogP contribution in [0.1, 0.15) is 23.5 Å². The summed E-state index contributed by atoms with van der Waals surface area (Å²) >= 11 is 0. The lowest BCUT2D eigenvalue weighted by Gasteiger charge is -2.27. The van der Waals surface area contributed by atoms with Gasteiger partial charge in [-0.15, -0.1) is 24.0 Å². The van der Waals surface area contributed by atoms with E-state index in [4.69, 9.17) is 4.74 Å². The van der Waals surface area contributed by atoms with Crippen LogP contribution < -0.4 is 5.32 Å². The van der Waals surface area contributed by atoms with Gasteiger partial charge in [0.2, 0.25) is 0 Å². The van der Waals surface area contributed by atoms with Gasteiger partial charge in [-0.25, -0.2) is 0 Å². The van der Waals surface area contributed by atoms with Gasteiger partial charge in [0.15, 0.2) is 5.96 Å². The van der Waals surface area contributed by atoms with Crippen molar-refractivity contribution in [3.8, 4) is 0 Å². The predicted molar refractivity (Wildman–Crippen MR) is 123 cm³/mol. The smallest absolute Gasteiger partial charge is 0.193 e. The molecule has 3 rings (SSSR count). The molecule has 0 spiro atoms. The molecular formula is C22H30IN3O. The molecule has 2 aromatic rings. The largest absolute Gasteiger partial charge is 0.381 e. The molecule has 1 fully saturated rings. The number of rotatable bonds is 6. The lowest BCUT2D eigenvalue weighted by Crippen LogP contribution is -2.43. The van der Waals surface area contributed by atoms with Crippen molar-refractivity contribution in [3.05, 3.63) is 71.8 Å². The summed E-state index contributed by atoms with van der Waals surface area (Å²) in [6, 6.07) is 21.3. The highest BCUT2D eigenvalue weighted by Gasteiger charge is 2.20. The maximum Gasteiger partial charge on any atom is 0.193 e. The topological polar surface area (TPSA) is 36.9 Å². The molecule has 1 N–H and O–H groups in total. The molecule has 1 saturated heterocycles. The lowest BCUT2D eigenvalue weighted by molar-refractivity contribution is 0.181.